The van der Waals surface area contributed by atoms with Crippen LogP contribution in [-0.2, 0) is 0 Å². The van der Waals surface area contributed by atoms with Crippen molar-refractivity contribution in [2.45, 2.75) is 19.5 Å². The Balaban J connectivity index is 1.67. The maximum Gasteiger partial charge on any atom is 0.276 e. The van der Waals surface area contributed by atoms with Gasteiger partial charge in [-0.3, -0.25) is 15.0 Å². The van der Waals surface area contributed by atoms with Crippen molar-refractivity contribution < 1.29 is 14.3 Å². The smallest absolute Gasteiger partial charge is 0.276 e. The average molecular weight is 527 g/mol. The molecule has 31 heavy (non-hydrogen) atoms. The summed E-state index contributed by atoms with van der Waals surface area (Å²) >= 11 is 2.17. The number of ether oxygens (including phenoxy) is 1. The van der Waals surface area contributed by atoms with Crippen molar-refractivity contribution >= 4 is 40.1 Å². The minimum Gasteiger partial charge on any atom is -0.494 e. The number of fused-ring (bicyclic) bond motifs is 1. The van der Waals surface area contributed by atoms with E-state index in [9.17, 15) is 9.59 Å². The van der Waals surface area contributed by atoms with Crippen LogP contribution in [0.15, 0.2) is 72.8 Å². The van der Waals surface area contributed by atoms with Gasteiger partial charge in [-0.05, 0) is 77.0 Å². The lowest BCUT2D eigenvalue weighted by molar-refractivity contribution is 0.0491. The van der Waals surface area contributed by atoms with Gasteiger partial charge in [0.2, 0.25) is 0 Å². The Morgan fingerprint density at radius 3 is 2.55 bits per heavy atom. The minimum absolute atomic E-state index is 0.271. The van der Waals surface area contributed by atoms with E-state index in [4.69, 9.17) is 4.74 Å². The van der Waals surface area contributed by atoms with Crippen molar-refractivity contribution in [3.63, 3.8) is 0 Å². The van der Waals surface area contributed by atoms with Crippen LogP contribution in [0, 0.1) is 3.57 Å². The first kappa shape index (κ1) is 21.2. The van der Waals surface area contributed by atoms with Crippen LogP contribution in [0.5, 0.6) is 5.75 Å². The van der Waals surface area contributed by atoms with Crippen LogP contribution in [0.25, 0.3) is 0 Å². The van der Waals surface area contributed by atoms with E-state index in [-0.39, 0.29) is 11.8 Å². The van der Waals surface area contributed by atoms with Gasteiger partial charge in [0.1, 0.15) is 11.9 Å². The van der Waals surface area contributed by atoms with Gasteiger partial charge in [-0.15, -0.1) is 0 Å². The quantitative estimate of drug-likeness (QED) is 0.444. The molecular formula is C24H22IN3O3. The number of anilines is 1. The van der Waals surface area contributed by atoms with E-state index in [0.29, 0.717) is 17.7 Å². The molecule has 1 aliphatic rings. The van der Waals surface area contributed by atoms with Crippen LogP contribution in [0.1, 0.15) is 45.8 Å². The molecule has 0 aliphatic carbocycles. The highest BCUT2D eigenvalue weighted by Crippen LogP contribution is 2.33. The summed E-state index contributed by atoms with van der Waals surface area (Å²) in [6.07, 6.45) is 0.364. The summed E-state index contributed by atoms with van der Waals surface area (Å²) < 4.78 is 6.61. The Labute approximate surface area is 194 Å². The van der Waals surface area contributed by atoms with Gasteiger partial charge in [0.05, 0.1) is 12.2 Å². The molecule has 4 rings (SSSR count). The lowest BCUT2D eigenvalue weighted by atomic mass is 10.0. The molecular weight excluding hydrogens is 505 g/mol. The van der Waals surface area contributed by atoms with E-state index in [0.717, 1.165) is 27.0 Å². The van der Waals surface area contributed by atoms with Crippen molar-refractivity contribution in [3.05, 3.63) is 93.1 Å². The molecule has 158 valence electrons. The van der Waals surface area contributed by atoms with Gasteiger partial charge < -0.3 is 10.1 Å². The highest BCUT2D eigenvalue weighted by atomic mass is 127. The van der Waals surface area contributed by atoms with Crippen LogP contribution in [0.4, 0.5) is 5.69 Å². The van der Waals surface area contributed by atoms with E-state index in [1.54, 1.807) is 24.3 Å². The third-order valence-electron chi connectivity index (χ3n) is 4.91. The molecule has 1 aliphatic heterocycles. The molecule has 0 unspecified atom stereocenters. The lowest BCUT2D eigenvalue weighted by Gasteiger charge is -2.38. The summed E-state index contributed by atoms with van der Waals surface area (Å²) in [5, 5.41) is 4.74. The summed E-state index contributed by atoms with van der Waals surface area (Å²) in [6.45, 7) is 2.70. The van der Waals surface area contributed by atoms with Crippen molar-refractivity contribution in [1.82, 2.24) is 10.4 Å². The maximum atomic E-state index is 13.4. The largest absolute Gasteiger partial charge is 0.494 e. The minimum atomic E-state index is -0.562. The van der Waals surface area contributed by atoms with Gasteiger partial charge >= 0.3 is 0 Å². The number of amides is 2. The topological polar surface area (TPSA) is 70.7 Å². The first-order valence-corrected chi connectivity index (χ1v) is 11.1. The monoisotopic (exact) mass is 527 g/mol. The molecule has 0 aromatic heterocycles. The second kappa shape index (κ2) is 9.38. The molecule has 2 amide bonds. The van der Waals surface area contributed by atoms with Gasteiger partial charge in [-0.25, -0.2) is 5.01 Å². The van der Waals surface area contributed by atoms with Gasteiger partial charge in [-0.2, -0.15) is 0 Å². The number of hydrogen-bond acceptors (Lipinski definition) is 4. The molecule has 1 atom stereocenters. The van der Waals surface area contributed by atoms with Crippen molar-refractivity contribution in [2.75, 3.05) is 11.9 Å². The Hall–Kier alpha value is -3.07. The number of hydrogen-bond donors (Lipinski definition) is 2. The van der Waals surface area contributed by atoms with E-state index >= 15 is 0 Å². The number of nitrogens with one attached hydrogen (secondary N) is 2. The summed E-state index contributed by atoms with van der Waals surface area (Å²) in [5.41, 5.74) is 5.34. The third-order valence-corrected chi connectivity index (χ3v) is 5.58. The predicted octanol–water partition coefficient (Wildman–Crippen LogP) is 4.99. The van der Waals surface area contributed by atoms with E-state index in [2.05, 4.69) is 40.3 Å². The fourth-order valence-electron chi connectivity index (χ4n) is 3.36. The second-order valence-corrected chi connectivity index (χ2v) is 8.38. The van der Waals surface area contributed by atoms with Crippen LogP contribution in [0.3, 0.4) is 0 Å². The Bertz CT molecular complexity index is 1090. The zero-order valence-corrected chi connectivity index (χ0v) is 19.1. The number of rotatable bonds is 6. The van der Waals surface area contributed by atoms with Crippen molar-refractivity contribution in [1.29, 1.82) is 0 Å². The van der Waals surface area contributed by atoms with Crippen LogP contribution < -0.4 is 15.5 Å². The predicted molar refractivity (Wildman–Crippen MR) is 128 cm³/mol. The molecule has 2 N–H and O–H groups in total. The van der Waals surface area contributed by atoms with E-state index < -0.39 is 6.17 Å². The highest BCUT2D eigenvalue weighted by Gasteiger charge is 2.34. The zero-order chi connectivity index (χ0) is 21.8. The standard InChI is InChI=1S/C24H22IN3O3/c1-2-14-31-19-11-8-16(9-12-19)22-26-21-13-10-18(25)15-20(21)24(30)28(22)27-23(29)17-6-4-3-5-7-17/h3-13,15,22,26H,2,14H2,1H3,(H,27,29)/t22-/m0/s1. The molecule has 1 heterocycles. The first-order valence-electron chi connectivity index (χ1n) is 10.0. The Kier molecular flexibility index (Phi) is 6.41. The van der Waals surface area contributed by atoms with Gasteiger partial charge in [0.25, 0.3) is 11.8 Å². The van der Waals surface area contributed by atoms with Crippen LogP contribution >= 0.6 is 22.6 Å². The average Bonchev–Trinajstić information content (AvgIpc) is 2.80. The Morgan fingerprint density at radius 2 is 1.84 bits per heavy atom. The highest BCUT2D eigenvalue weighted by molar-refractivity contribution is 14.1. The van der Waals surface area contributed by atoms with Crippen LogP contribution in [-0.4, -0.2) is 23.4 Å². The molecule has 7 heteroatoms. The number of carbonyl (C=O) groups is 2. The van der Waals surface area contributed by atoms with E-state index in [1.165, 1.54) is 5.01 Å². The first-order chi connectivity index (χ1) is 15.1. The van der Waals surface area contributed by atoms with Crippen molar-refractivity contribution in [3.8, 4) is 5.75 Å². The van der Waals surface area contributed by atoms with Gasteiger partial charge in [0.15, 0.2) is 0 Å². The lowest BCUT2D eigenvalue weighted by Crippen LogP contribution is -2.52. The fraction of sp³-hybridized carbons (Fsp3) is 0.167. The van der Waals surface area contributed by atoms with Crippen LogP contribution in [0.2, 0.25) is 0 Å². The molecule has 6 nitrogen and oxygen atoms in total. The molecule has 0 spiro atoms. The molecule has 3 aromatic rings. The van der Waals surface area contributed by atoms with E-state index in [1.807, 2.05) is 48.5 Å². The zero-order valence-electron chi connectivity index (χ0n) is 17.0. The second-order valence-electron chi connectivity index (χ2n) is 7.14. The molecule has 3 aromatic carbocycles. The summed E-state index contributed by atoms with van der Waals surface area (Å²) in [5.74, 6) is 0.146. The normalized spacial score (nSPS) is 15.1. The summed E-state index contributed by atoms with van der Waals surface area (Å²) in [7, 11) is 0. The molecule has 0 saturated heterocycles. The summed E-state index contributed by atoms with van der Waals surface area (Å²) in [4.78, 5) is 26.2. The summed E-state index contributed by atoms with van der Waals surface area (Å²) in [6, 6.07) is 22.0. The fourth-order valence-corrected chi connectivity index (χ4v) is 3.85. The third kappa shape index (κ3) is 4.66. The number of carbonyl (C=O) groups excluding carboxylic acids is 2. The number of hydrazine groups is 1. The van der Waals surface area contributed by atoms with Gasteiger partial charge in [-0.1, -0.05) is 37.3 Å². The molecule has 0 saturated carbocycles. The molecule has 0 fully saturated rings. The van der Waals surface area contributed by atoms with Crippen molar-refractivity contribution in [2.24, 2.45) is 0 Å². The maximum absolute atomic E-state index is 13.4. The molecule has 0 radical (unpaired) electrons. The number of halogens is 1. The van der Waals surface area contributed by atoms with Gasteiger partial charge in [0, 0.05) is 14.8 Å². The Morgan fingerprint density at radius 1 is 1.10 bits per heavy atom. The molecule has 0 bridgehead atoms. The SMILES string of the molecule is CCCOc1ccc([C@H]2Nc3ccc(I)cc3C(=O)N2NC(=O)c2ccccc2)cc1. The number of nitrogens with zero attached hydrogens (tertiary/aromatic N) is 1. The number of benzene rings is 3.